The second-order valence-corrected chi connectivity index (χ2v) is 15.4. The molecule has 0 radical (unpaired) electrons. The quantitative estimate of drug-likeness (QED) is 0.206. The number of benzene rings is 3. The van der Waals surface area contributed by atoms with E-state index in [1.165, 1.54) is 17.1 Å². The first-order valence-corrected chi connectivity index (χ1v) is 18.8. The van der Waals surface area contributed by atoms with Crippen molar-refractivity contribution >= 4 is 15.7 Å². The van der Waals surface area contributed by atoms with E-state index < -0.39 is 28.1 Å². The van der Waals surface area contributed by atoms with E-state index in [1.807, 2.05) is 43.3 Å². The number of ether oxygens (including phenoxy) is 5. The molecule has 3 aromatic carbocycles. The minimum absolute atomic E-state index is 0.0358. The average Bonchev–Trinajstić information content (AvgIpc) is 3.94. The molecule has 1 unspecified atom stereocenters. The van der Waals surface area contributed by atoms with E-state index in [1.54, 1.807) is 38.5 Å². The number of aliphatic hydroxyl groups excluding tert-OH is 1. The minimum Gasteiger partial charge on any atom is -0.490 e. The molecule has 6 rings (SSSR count). The summed E-state index contributed by atoms with van der Waals surface area (Å²) in [6, 6.07) is 20.9. The van der Waals surface area contributed by atoms with Gasteiger partial charge in [0.25, 0.3) is 0 Å². The average molecular weight is 695 g/mol. The topological polar surface area (TPSA) is 107 Å². The van der Waals surface area contributed by atoms with Crippen molar-refractivity contribution in [3.8, 4) is 5.75 Å². The van der Waals surface area contributed by atoms with Gasteiger partial charge in [-0.1, -0.05) is 48.0 Å². The number of anilines is 1. The minimum atomic E-state index is -3.87. The molecule has 1 N–H and O–H groups in total. The summed E-state index contributed by atoms with van der Waals surface area (Å²) in [5.74, 6) is 1.02. The van der Waals surface area contributed by atoms with Gasteiger partial charge in [-0.15, -0.1) is 0 Å². The van der Waals surface area contributed by atoms with Gasteiger partial charge in [0.2, 0.25) is 10.0 Å². The second-order valence-electron chi connectivity index (χ2n) is 13.4. The maximum absolute atomic E-state index is 13.8. The number of sulfonamides is 1. The van der Waals surface area contributed by atoms with Crippen LogP contribution in [0, 0.1) is 12.8 Å². The van der Waals surface area contributed by atoms with E-state index in [0.717, 1.165) is 59.8 Å². The number of β-amino-alcohol motifs (C(OH)–C–C–N with tert-alkyl or cyclic N) is 1. The maximum atomic E-state index is 13.8. The van der Waals surface area contributed by atoms with E-state index in [4.69, 9.17) is 23.7 Å². The zero-order chi connectivity index (χ0) is 34.4. The molecular weight excluding hydrogens is 644 g/mol. The molecule has 1 saturated heterocycles. The lowest BCUT2D eigenvalue weighted by atomic mass is 9.85. The van der Waals surface area contributed by atoms with Crippen LogP contribution in [-0.2, 0) is 35.6 Å². The molecule has 2 fully saturated rings. The van der Waals surface area contributed by atoms with Crippen LogP contribution in [0.2, 0.25) is 0 Å². The maximum Gasteiger partial charge on any atom is 0.243 e. The third-order valence-electron chi connectivity index (χ3n) is 9.71. The molecule has 0 spiro atoms. The Bertz CT molecular complexity index is 1610. The number of methoxy groups -OCH3 is 2. The van der Waals surface area contributed by atoms with E-state index in [2.05, 4.69) is 11.0 Å². The summed E-state index contributed by atoms with van der Waals surface area (Å²) in [6.07, 6.45) is 1.55. The van der Waals surface area contributed by atoms with E-state index in [0.29, 0.717) is 25.7 Å². The fourth-order valence-electron chi connectivity index (χ4n) is 6.71. The number of nitrogens with zero attached hydrogens (tertiary/aromatic N) is 2. The van der Waals surface area contributed by atoms with Crippen LogP contribution in [0.3, 0.4) is 0 Å². The van der Waals surface area contributed by atoms with Crippen molar-refractivity contribution in [1.29, 1.82) is 0 Å². The standard InChI is InChI=1S/C38H50N2O8S/c1-27-5-14-32(15-6-27)49(42,43)40-22-34(41)38(31-12-10-30(11-13-31)37(26-45-3)48-24-28-7-8-28)36(23-40)47-25-29-9-16-35-33(21-29)39(18-20-46-35)17-4-19-44-2/h5-6,9-16,21,28,34,36-38,41H,4,7-8,17-20,22-26H2,1-3H3/t34-,36+,37?,38+/m1/s1. The number of hydrogen-bond donors (Lipinski definition) is 1. The lowest BCUT2D eigenvalue weighted by Gasteiger charge is -2.41. The summed E-state index contributed by atoms with van der Waals surface area (Å²) in [4.78, 5) is 2.50. The van der Waals surface area contributed by atoms with Crippen LogP contribution in [-0.4, -0.2) is 96.9 Å². The van der Waals surface area contributed by atoms with E-state index in [-0.39, 0.29) is 30.7 Å². The summed E-state index contributed by atoms with van der Waals surface area (Å²) in [5, 5.41) is 11.7. The molecule has 1 saturated carbocycles. The molecule has 3 aliphatic rings. The van der Waals surface area contributed by atoms with Crippen molar-refractivity contribution in [3.63, 3.8) is 0 Å². The van der Waals surface area contributed by atoms with Crippen LogP contribution in [0.4, 0.5) is 5.69 Å². The van der Waals surface area contributed by atoms with Gasteiger partial charge in [0.1, 0.15) is 18.5 Å². The van der Waals surface area contributed by atoms with Crippen molar-refractivity contribution in [3.05, 3.63) is 89.0 Å². The zero-order valence-corrected chi connectivity index (χ0v) is 29.6. The normalized spacial score (nSPS) is 22.0. The highest BCUT2D eigenvalue weighted by Gasteiger charge is 2.42. The van der Waals surface area contributed by atoms with Crippen molar-refractivity contribution in [2.45, 2.75) is 61.9 Å². The molecule has 49 heavy (non-hydrogen) atoms. The van der Waals surface area contributed by atoms with Crippen LogP contribution in [0.25, 0.3) is 0 Å². The SMILES string of the molecule is COCCCN1CCOc2ccc(CO[C@H]3CN(S(=O)(=O)c4ccc(C)cc4)C[C@@H](O)[C@@H]3c3ccc(C(COC)OCC4CC4)cc3)cc21. The third-order valence-corrected chi connectivity index (χ3v) is 11.6. The van der Waals surface area contributed by atoms with Gasteiger partial charge in [-0.05, 0) is 73.1 Å². The van der Waals surface area contributed by atoms with Crippen molar-refractivity contribution in [2.24, 2.45) is 5.92 Å². The van der Waals surface area contributed by atoms with Crippen molar-refractivity contribution < 1.29 is 37.2 Å². The predicted octanol–water partition coefficient (Wildman–Crippen LogP) is 5.08. The molecule has 10 nitrogen and oxygen atoms in total. The van der Waals surface area contributed by atoms with Crippen LogP contribution in [0.1, 0.15) is 53.5 Å². The second kappa shape index (κ2) is 16.3. The summed E-state index contributed by atoms with van der Waals surface area (Å²) in [7, 11) is -0.482. The molecule has 1 aliphatic carbocycles. The van der Waals surface area contributed by atoms with Gasteiger partial charge in [0, 0.05) is 46.4 Å². The number of fused-ring (bicyclic) bond motifs is 1. The molecule has 0 aromatic heterocycles. The fraction of sp³-hybridized carbons (Fsp3) is 0.526. The number of aryl methyl sites for hydroxylation is 1. The lowest BCUT2D eigenvalue weighted by Crippen LogP contribution is -2.53. The van der Waals surface area contributed by atoms with Crippen LogP contribution >= 0.6 is 0 Å². The van der Waals surface area contributed by atoms with E-state index in [9.17, 15) is 13.5 Å². The molecule has 266 valence electrons. The Morgan fingerprint density at radius 3 is 2.47 bits per heavy atom. The van der Waals surface area contributed by atoms with Crippen molar-refractivity contribution in [1.82, 2.24) is 4.31 Å². The molecule has 2 aliphatic heterocycles. The smallest absolute Gasteiger partial charge is 0.243 e. The van der Waals surface area contributed by atoms with Crippen LogP contribution in [0.15, 0.2) is 71.6 Å². The molecular formula is C38H50N2O8S. The Balaban J connectivity index is 1.24. The Labute approximate surface area is 290 Å². The van der Waals surface area contributed by atoms with Gasteiger partial charge in [-0.3, -0.25) is 0 Å². The Kier molecular flexibility index (Phi) is 11.9. The first-order chi connectivity index (χ1) is 23.8. The highest BCUT2D eigenvalue weighted by Crippen LogP contribution is 2.37. The monoisotopic (exact) mass is 694 g/mol. The first kappa shape index (κ1) is 35.8. The number of hydrogen-bond acceptors (Lipinski definition) is 9. The summed E-state index contributed by atoms with van der Waals surface area (Å²) < 4.78 is 58.4. The number of aliphatic hydroxyl groups is 1. The molecule has 0 bridgehead atoms. The van der Waals surface area contributed by atoms with E-state index >= 15 is 0 Å². The summed E-state index contributed by atoms with van der Waals surface area (Å²) in [6.45, 7) is 6.35. The van der Waals surface area contributed by atoms with Gasteiger partial charge < -0.3 is 33.7 Å². The van der Waals surface area contributed by atoms with Gasteiger partial charge >= 0.3 is 0 Å². The predicted molar refractivity (Wildman–Crippen MR) is 188 cm³/mol. The van der Waals surface area contributed by atoms with Gasteiger partial charge in [0.05, 0.1) is 49.2 Å². The largest absolute Gasteiger partial charge is 0.490 e. The Morgan fingerprint density at radius 2 is 1.76 bits per heavy atom. The van der Waals surface area contributed by atoms with Gasteiger partial charge in [-0.2, -0.15) is 4.31 Å². The van der Waals surface area contributed by atoms with Gasteiger partial charge in [-0.25, -0.2) is 8.42 Å². The van der Waals surface area contributed by atoms with Crippen LogP contribution < -0.4 is 9.64 Å². The Hall–Kier alpha value is -3.03. The molecule has 11 heteroatoms. The van der Waals surface area contributed by atoms with Gasteiger partial charge in [0.15, 0.2) is 0 Å². The highest BCUT2D eigenvalue weighted by atomic mass is 32.2. The zero-order valence-electron chi connectivity index (χ0n) is 28.8. The third kappa shape index (κ3) is 8.83. The number of piperidine rings is 1. The lowest BCUT2D eigenvalue weighted by molar-refractivity contribution is -0.0535. The molecule has 3 aromatic rings. The molecule has 2 heterocycles. The Morgan fingerprint density at radius 1 is 0.980 bits per heavy atom. The van der Waals surface area contributed by atoms with Crippen LogP contribution in [0.5, 0.6) is 5.75 Å². The summed E-state index contributed by atoms with van der Waals surface area (Å²) >= 11 is 0. The fourth-order valence-corrected chi connectivity index (χ4v) is 8.18. The highest BCUT2D eigenvalue weighted by molar-refractivity contribution is 7.89. The molecule has 4 atom stereocenters. The summed E-state index contributed by atoms with van der Waals surface area (Å²) in [5.41, 5.74) is 4.82. The first-order valence-electron chi connectivity index (χ1n) is 17.3. The number of rotatable bonds is 16. The molecule has 0 amide bonds. The van der Waals surface area contributed by atoms with Crippen molar-refractivity contribution in [2.75, 3.05) is 71.7 Å².